The molecule has 190 valence electrons. The number of esters is 1. The maximum absolute atomic E-state index is 13.4. The lowest BCUT2D eigenvalue weighted by Gasteiger charge is -2.33. The van der Waals surface area contributed by atoms with E-state index in [9.17, 15) is 19.2 Å². The van der Waals surface area contributed by atoms with E-state index in [1.165, 1.54) is 9.47 Å². The summed E-state index contributed by atoms with van der Waals surface area (Å²) < 4.78 is 6.39. The molecule has 0 aliphatic carbocycles. The van der Waals surface area contributed by atoms with Crippen LogP contribution < -0.4 is 21.9 Å². The average molecular weight is 486 g/mol. The van der Waals surface area contributed by atoms with Crippen molar-refractivity contribution in [2.24, 2.45) is 11.8 Å². The molecule has 0 radical (unpaired) electrons. The molecule has 10 nitrogen and oxygen atoms in total. The number of nitrogens with zero attached hydrogens (tertiary/aromatic N) is 3. The molecule has 1 fully saturated rings. The van der Waals surface area contributed by atoms with E-state index in [1.54, 1.807) is 6.92 Å². The van der Waals surface area contributed by atoms with Crippen molar-refractivity contribution in [3.63, 3.8) is 0 Å². The molecule has 0 unspecified atom stereocenters. The second-order valence-electron chi connectivity index (χ2n) is 9.27. The van der Waals surface area contributed by atoms with Crippen LogP contribution in [0.1, 0.15) is 39.2 Å². The van der Waals surface area contributed by atoms with Gasteiger partial charge in [0, 0.05) is 6.54 Å². The van der Waals surface area contributed by atoms with Gasteiger partial charge in [-0.2, -0.15) is 0 Å². The first kappa shape index (κ1) is 26.2. The summed E-state index contributed by atoms with van der Waals surface area (Å²) >= 11 is 0. The van der Waals surface area contributed by atoms with Gasteiger partial charge in [-0.1, -0.05) is 44.2 Å². The smallest absolute Gasteiger partial charge is 0.330 e. The molecule has 35 heavy (non-hydrogen) atoms. The predicted molar refractivity (Wildman–Crippen MR) is 134 cm³/mol. The summed E-state index contributed by atoms with van der Waals surface area (Å²) in [5, 5.41) is 0. The van der Waals surface area contributed by atoms with E-state index in [-0.39, 0.29) is 54.9 Å². The average Bonchev–Trinajstić information content (AvgIpc) is 2.82. The van der Waals surface area contributed by atoms with Gasteiger partial charge in [0.2, 0.25) is 5.91 Å². The Labute approximate surface area is 204 Å². The molecule has 1 saturated heterocycles. The van der Waals surface area contributed by atoms with Crippen LogP contribution in [-0.2, 0) is 20.9 Å². The molecule has 1 aliphatic rings. The summed E-state index contributed by atoms with van der Waals surface area (Å²) in [5.74, 6) is -0.622. The van der Waals surface area contributed by atoms with Crippen molar-refractivity contribution in [1.29, 1.82) is 0 Å². The van der Waals surface area contributed by atoms with E-state index in [4.69, 9.17) is 10.5 Å². The highest BCUT2D eigenvalue weighted by molar-refractivity contribution is 5.96. The van der Waals surface area contributed by atoms with E-state index in [2.05, 4.69) is 4.98 Å². The van der Waals surface area contributed by atoms with Gasteiger partial charge in [0.25, 0.3) is 5.56 Å². The highest BCUT2D eigenvalue weighted by Crippen LogP contribution is 2.22. The van der Waals surface area contributed by atoms with Crippen LogP contribution in [0.3, 0.4) is 0 Å². The molecule has 3 N–H and O–H groups in total. The van der Waals surface area contributed by atoms with Crippen molar-refractivity contribution in [1.82, 2.24) is 14.5 Å². The maximum Gasteiger partial charge on any atom is 0.330 e. The van der Waals surface area contributed by atoms with E-state index in [1.807, 2.05) is 49.1 Å². The number of nitrogen functional groups attached to an aromatic ring is 1. The molecule has 1 aromatic heterocycles. The summed E-state index contributed by atoms with van der Waals surface area (Å²) in [6.07, 6.45) is 1.22. The van der Waals surface area contributed by atoms with Gasteiger partial charge >= 0.3 is 11.7 Å². The molecule has 3 rings (SSSR count). The van der Waals surface area contributed by atoms with Crippen molar-refractivity contribution in [2.75, 3.05) is 43.4 Å². The van der Waals surface area contributed by atoms with Crippen molar-refractivity contribution < 1.29 is 14.3 Å². The van der Waals surface area contributed by atoms with Crippen molar-refractivity contribution >= 4 is 23.4 Å². The first-order valence-corrected chi connectivity index (χ1v) is 12.1. The molecule has 1 aromatic carbocycles. The Morgan fingerprint density at radius 2 is 1.83 bits per heavy atom. The lowest BCUT2D eigenvalue weighted by atomic mass is 9.97. The molecular formula is C25H35N5O5. The molecule has 1 aliphatic heterocycles. The maximum atomic E-state index is 13.4. The zero-order chi connectivity index (χ0) is 25.5. The quantitative estimate of drug-likeness (QED) is 0.514. The van der Waals surface area contributed by atoms with Crippen LogP contribution in [0.2, 0.25) is 0 Å². The fraction of sp³-hybridized carbons (Fsp3) is 0.520. The summed E-state index contributed by atoms with van der Waals surface area (Å²) in [6, 6.07) is 9.28. The Hall–Kier alpha value is -3.40. The number of carbonyl (C=O) groups is 2. The third-order valence-electron chi connectivity index (χ3n) is 6.08. The minimum Gasteiger partial charge on any atom is -0.466 e. The van der Waals surface area contributed by atoms with Crippen LogP contribution >= 0.6 is 0 Å². The van der Waals surface area contributed by atoms with Crippen molar-refractivity contribution in [3.05, 3.63) is 56.7 Å². The second-order valence-corrected chi connectivity index (χ2v) is 9.27. The van der Waals surface area contributed by atoms with Crippen molar-refractivity contribution in [3.8, 4) is 0 Å². The van der Waals surface area contributed by atoms with Gasteiger partial charge in [0.15, 0.2) is 5.69 Å². The lowest BCUT2D eigenvalue weighted by molar-refractivity contribution is -0.149. The van der Waals surface area contributed by atoms with Gasteiger partial charge in [-0.05, 0) is 44.3 Å². The molecule has 2 heterocycles. The fourth-order valence-electron chi connectivity index (χ4n) is 4.31. The van der Waals surface area contributed by atoms with Gasteiger partial charge in [-0.3, -0.25) is 28.8 Å². The normalized spacial score (nSPS) is 14.7. The summed E-state index contributed by atoms with van der Waals surface area (Å²) in [6.45, 7) is 7.68. The number of nitrogens with two attached hydrogens (primary N) is 1. The Morgan fingerprint density at radius 3 is 2.43 bits per heavy atom. The first-order chi connectivity index (χ1) is 16.7. The van der Waals surface area contributed by atoms with Gasteiger partial charge in [-0.15, -0.1) is 0 Å². The van der Waals surface area contributed by atoms with Crippen LogP contribution in [-0.4, -0.2) is 59.1 Å². The van der Waals surface area contributed by atoms with E-state index in [0.717, 1.165) is 5.56 Å². The topological polar surface area (TPSA) is 131 Å². The van der Waals surface area contributed by atoms with E-state index < -0.39 is 11.2 Å². The lowest BCUT2D eigenvalue weighted by Crippen LogP contribution is -2.48. The number of likely N-dealkylation sites (tertiary alicyclic amines) is 1. The summed E-state index contributed by atoms with van der Waals surface area (Å²) in [5.41, 5.74) is 5.85. The largest absolute Gasteiger partial charge is 0.466 e. The third-order valence-corrected chi connectivity index (χ3v) is 6.08. The minimum absolute atomic E-state index is 0.0133. The molecule has 10 heteroatoms. The molecule has 2 aromatic rings. The number of aromatic amines is 1. The number of benzene rings is 1. The zero-order valence-electron chi connectivity index (χ0n) is 20.7. The highest BCUT2D eigenvalue weighted by Gasteiger charge is 2.30. The number of anilines is 2. The SMILES string of the molecule is CCOC(=O)C1CCN(CC(=O)N(CC(C)C)c2c(N)n(Cc3ccccc3)c(=O)[nH]c2=O)CC1. The van der Waals surface area contributed by atoms with Crippen LogP contribution in [0.5, 0.6) is 0 Å². The van der Waals surface area contributed by atoms with E-state index >= 15 is 0 Å². The zero-order valence-corrected chi connectivity index (χ0v) is 20.7. The third kappa shape index (κ3) is 6.60. The number of aromatic nitrogens is 2. The van der Waals surface area contributed by atoms with Crippen LogP contribution in [0.15, 0.2) is 39.9 Å². The summed E-state index contributed by atoms with van der Waals surface area (Å²) in [7, 11) is 0. The van der Waals surface area contributed by atoms with Crippen molar-refractivity contribution in [2.45, 2.75) is 40.2 Å². The number of piperidine rings is 1. The number of rotatable bonds is 9. The minimum atomic E-state index is -0.688. The molecule has 0 saturated carbocycles. The number of nitrogens with one attached hydrogen (secondary N) is 1. The molecular weight excluding hydrogens is 450 g/mol. The number of H-pyrrole nitrogens is 1. The number of carbonyl (C=O) groups excluding carboxylic acids is 2. The summed E-state index contributed by atoms with van der Waals surface area (Å²) in [4.78, 5) is 56.5. The fourth-order valence-corrected chi connectivity index (χ4v) is 4.31. The van der Waals surface area contributed by atoms with Gasteiger partial charge in [0.05, 0.1) is 25.6 Å². The predicted octanol–water partition coefficient (Wildman–Crippen LogP) is 1.43. The second kappa shape index (κ2) is 11.8. The highest BCUT2D eigenvalue weighted by atomic mass is 16.5. The standard InChI is InChI=1S/C25H35N5O5/c1-4-35-24(33)19-10-12-28(13-11-19)16-20(31)29(14-17(2)3)21-22(26)30(25(34)27-23(21)32)15-18-8-6-5-7-9-18/h5-9,17,19H,4,10-16,26H2,1-3H3,(H,27,32,34). The first-order valence-electron chi connectivity index (χ1n) is 12.1. The van der Waals surface area contributed by atoms with Gasteiger partial charge in [-0.25, -0.2) is 4.79 Å². The Balaban J connectivity index is 1.83. The van der Waals surface area contributed by atoms with Gasteiger partial charge < -0.3 is 15.4 Å². The molecule has 0 atom stereocenters. The molecule has 1 amide bonds. The number of hydrogen-bond acceptors (Lipinski definition) is 7. The molecule has 0 spiro atoms. The Morgan fingerprint density at radius 1 is 1.17 bits per heavy atom. The Kier molecular flexibility index (Phi) is 8.86. The number of ether oxygens (including phenoxy) is 1. The van der Waals surface area contributed by atoms with Crippen LogP contribution in [0, 0.1) is 11.8 Å². The van der Waals surface area contributed by atoms with Crippen LogP contribution in [0.25, 0.3) is 0 Å². The number of hydrogen-bond donors (Lipinski definition) is 2. The number of amides is 1. The molecule has 0 bridgehead atoms. The van der Waals surface area contributed by atoms with E-state index in [0.29, 0.717) is 32.5 Å². The van der Waals surface area contributed by atoms with Gasteiger partial charge in [0.1, 0.15) is 5.82 Å². The monoisotopic (exact) mass is 485 g/mol. The Bertz CT molecular complexity index is 1130. The van der Waals surface area contributed by atoms with Crippen LogP contribution in [0.4, 0.5) is 11.5 Å².